The maximum Gasteiger partial charge on any atom is 0.133 e. The van der Waals surface area contributed by atoms with E-state index in [-0.39, 0.29) is 11.9 Å². The zero-order valence-electron chi connectivity index (χ0n) is 10.9. The van der Waals surface area contributed by atoms with E-state index in [1.165, 1.54) is 6.07 Å². The Bertz CT molecular complexity index is 555. The van der Waals surface area contributed by atoms with E-state index in [9.17, 15) is 4.39 Å². The molecule has 0 aliphatic rings. The standard InChI is InChI=1S/C13H16BrFN4/c1-9(11-7-10(14)3-4-12(11)15)16-6-5-13-18-17-8-19(13)2/h3-4,7-9,16H,5-6H2,1-2H3. The number of aryl methyl sites for hydroxylation is 1. The quantitative estimate of drug-likeness (QED) is 0.918. The Morgan fingerprint density at radius 2 is 2.26 bits per heavy atom. The lowest BCUT2D eigenvalue weighted by molar-refractivity contribution is 0.525. The topological polar surface area (TPSA) is 42.7 Å². The first-order chi connectivity index (χ1) is 9.08. The van der Waals surface area contributed by atoms with Crippen molar-refractivity contribution in [3.05, 3.63) is 46.2 Å². The van der Waals surface area contributed by atoms with Crippen LogP contribution in [-0.2, 0) is 13.5 Å². The van der Waals surface area contributed by atoms with Crippen molar-refractivity contribution in [3.63, 3.8) is 0 Å². The first kappa shape index (κ1) is 14.1. The molecule has 1 aromatic carbocycles. The Hall–Kier alpha value is -1.27. The summed E-state index contributed by atoms with van der Waals surface area (Å²) in [6, 6.07) is 4.92. The highest BCUT2D eigenvalue weighted by atomic mass is 79.9. The minimum Gasteiger partial charge on any atom is -0.321 e. The van der Waals surface area contributed by atoms with Gasteiger partial charge in [0.1, 0.15) is 18.0 Å². The summed E-state index contributed by atoms with van der Waals surface area (Å²) >= 11 is 3.36. The maximum absolute atomic E-state index is 13.7. The molecule has 0 amide bonds. The van der Waals surface area contributed by atoms with Gasteiger partial charge in [0.2, 0.25) is 0 Å². The minimum absolute atomic E-state index is 0.0503. The van der Waals surface area contributed by atoms with Crippen LogP contribution in [0.15, 0.2) is 29.0 Å². The fourth-order valence-corrected chi connectivity index (χ4v) is 2.27. The Morgan fingerprint density at radius 1 is 1.47 bits per heavy atom. The largest absolute Gasteiger partial charge is 0.321 e. The number of nitrogens with one attached hydrogen (secondary N) is 1. The van der Waals surface area contributed by atoms with E-state index >= 15 is 0 Å². The molecular weight excluding hydrogens is 311 g/mol. The molecule has 2 aromatic rings. The number of rotatable bonds is 5. The average molecular weight is 327 g/mol. The highest BCUT2D eigenvalue weighted by Crippen LogP contribution is 2.21. The van der Waals surface area contributed by atoms with Gasteiger partial charge in [-0.3, -0.25) is 0 Å². The summed E-state index contributed by atoms with van der Waals surface area (Å²) in [5.41, 5.74) is 0.660. The summed E-state index contributed by atoms with van der Waals surface area (Å²) in [7, 11) is 1.91. The van der Waals surface area contributed by atoms with Crippen molar-refractivity contribution in [2.75, 3.05) is 6.54 Å². The van der Waals surface area contributed by atoms with Crippen molar-refractivity contribution in [2.45, 2.75) is 19.4 Å². The summed E-state index contributed by atoms with van der Waals surface area (Å²) in [4.78, 5) is 0. The third-order valence-corrected chi connectivity index (χ3v) is 3.52. The van der Waals surface area contributed by atoms with Gasteiger partial charge in [-0.15, -0.1) is 10.2 Å². The fraction of sp³-hybridized carbons (Fsp3) is 0.385. The number of hydrogen-bond acceptors (Lipinski definition) is 3. The molecule has 0 spiro atoms. The molecule has 1 unspecified atom stereocenters. The molecule has 0 fully saturated rings. The summed E-state index contributed by atoms with van der Waals surface area (Å²) in [6.45, 7) is 2.67. The third-order valence-electron chi connectivity index (χ3n) is 3.03. The van der Waals surface area contributed by atoms with E-state index in [0.717, 1.165) is 23.3 Å². The van der Waals surface area contributed by atoms with E-state index in [1.807, 2.05) is 18.5 Å². The van der Waals surface area contributed by atoms with Crippen LogP contribution in [0.25, 0.3) is 0 Å². The number of benzene rings is 1. The molecule has 19 heavy (non-hydrogen) atoms. The number of halogens is 2. The van der Waals surface area contributed by atoms with Gasteiger partial charge in [-0.05, 0) is 25.1 Å². The van der Waals surface area contributed by atoms with E-state index in [2.05, 4.69) is 31.4 Å². The fourth-order valence-electron chi connectivity index (χ4n) is 1.89. The van der Waals surface area contributed by atoms with Crippen LogP contribution in [-0.4, -0.2) is 21.3 Å². The Balaban J connectivity index is 1.92. The molecule has 0 bridgehead atoms. The third kappa shape index (κ3) is 3.61. The highest BCUT2D eigenvalue weighted by molar-refractivity contribution is 9.10. The van der Waals surface area contributed by atoms with Gasteiger partial charge in [-0.25, -0.2) is 4.39 Å². The Kier molecular flexibility index (Phi) is 4.66. The van der Waals surface area contributed by atoms with Crippen LogP contribution < -0.4 is 5.32 Å². The molecule has 0 aliphatic carbocycles. The normalized spacial score (nSPS) is 12.6. The number of nitrogens with zero attached hydrogens (tertiary/aromatic N) is 3. The predicted molar refractivity (Wildman–Crippen MR) is 75.2 cm³/mol. The van der Waals surface area contributed by atoms with Crippen molar-refractivity contribution in [1.29, 1.82) is 0 Å². The summed E-state index contributed by atoms with van der Waals surface area (Å²) in [5, 5.41) is 11.1. The minimum atomic E-state index is -0.193. The zero-order chi connectivity index (χ0) is 13.8. The van der Waals surface area contributed by atoms with Crippen LogP contribution in [0.1, 0.15) is 24.4 Å². The highest BCUT2D eigenvalue weighted by Gasteiger charge is 2.11. The van der Waals surface area contributed by atoms with E-state index in [0.29, 0.717) is 5.56 Å². The SMILES string of the molecule is CC(NCCc1nncn1C)c1cc(Br)ccc1F. The smallest absolute Gasteiger partial charge is 0.133 e. The van der Waals surface area contributed by atoms with Gasteiger partial charge in [-0.2, -0.15) is 0 Å². The number of hydrogen-bond donors (Lipinski definition) is 1. The maximum atomic E-state index is 13.7. The molecule has 0 radical (unpaired) electrons. The zero-order valence-corrected chi connectivity index (χ0v) is 12.5. The Labute approximate surface area is 120 Å². The molecule has 0 aliphatic heterocycles. The van der Waals surface area contributed by atoms with Gasteiger partial charge in [0.25, 0.3) is 0 Å². The second-order valence-corrected chi connectivity index (χ2v) is 5.37. The van der Waals surface area contributed by atoms with Crippen LogP contribution in [0, 0.1) is 5.82 Å². The summed E-state index contributed by atoms with van der Waals surface area (Å²) < 4.78 is 16.5. The van der Waals surface area contributed by atoms with Crippen LogP contribution in [0.4, 0.5) is 4.39 Å². The van der Waals surface area contributed by atoms with Crippen molar-refractivity contribution >= 4 is 15.9 Å². The van der Waals surface area contributed by atoms with Crippen LogP contribution in [0.3, 0.4) is 0 Å². The molecule has 102 valence electrons. The van der Waals surface area contributed by atoms with Gasteiger partial charge in [-0.1, -0.05) is 15.9 Å². The second-order valence-electron chi connectivity index (χ2n) is 4.45. The first-order valence-corrected chi connectivity index (χ1v) is 6.88. The van der Waals surface area contributed by atoms with Crippen molar-refractivity contribution in [1.82, 2.24) is 20.1 Å². The molecule has 1 atom stereocenters. The lowest BCUT2D eigenvalue weighted by atomic mass is 10.1. The van der Waals surface area contributed by atoms with Crippen LogP contribution in [0.2, 0.25) is 0 Å². The molecule has 0 saturated carbocycles. The van der Waals surface area contributed by atoms with Crippen molar-refractivity contribution < 1.29 is 4.39 Å². The summed E-state index contributed by atoms with van der Waals surface area (Å²) in [5.74, 6) is 0.719. The monoisotopic (exact) mass is 326 g/mol. The second kappa shape index (κ2) is 6.25. The average Bonchev–Trinajstić information content (AvgIpc) is 2.78. The van der Waals surface area contributed by atoms with Gasteiger partial charge >= 0.3 is 0 Å². The first-order valence-electron chi connectivity index (χ1n) is 6.09. The van der Waals surface area contributed by atoms with Gasteiger partial charge < -0.3 is 9.88 Å². The number of aromatic nitrogens is 3. The van der Waals surface area contributed by atoms with E-state index < -0.39 is 0 Å². The lowest BCUT2D eigenvalue weighted by Gasteiger charge is -2.15. The molecule has 1 aromatic heterocycles. The molecule has 2 rings (SSSR count). The van der Waals surface area contributed by atoms with Crippen molar-refractivity contribution in [2.24, 2.45) is 7.05 Å². The van der Waals surface area contributed by atoms with Crippen LogP contribution in [0.5, 0.6) is 0 Å². The molecule has 1 N–H and O–H groups in total. The van der Waals surface area contributed by atoms with E-state index in [1.54, 1.807) is 18.5 Å². The molecule has 1 heterocycles. The van der Waals surface area contributed by atoms with E-state index in [4.69, 9.17) is 0 Å². The van der Waals surface area contributed by atoms with Gasteiger partial charge in [0.15, 0.2) is 0 Å². The van der Waals surface area contributed by atoms with Crippen LogP contribution >= 0.6 is 15.9 Å². The lowest BCUT2D eigenvalue weighted by Crippen LogP contribution is -2.23. The molecule has 4 nitrogen and oxygen atoms in total. The Morgan fingerprint density at radius 3 is 2.95 bits per heavy atom. The van der Waals surface area contributed by atoms with Crippen molar-refractivity contribution in [3.8, 4) is 0 Å². The molecule has 6 heteroatoms. The predicted octanol–water partition coefficient (Wildman–Crippen LogP) is 2.61. The van der Waals surface area contributed by atoms with Gasteiger partial charge in [0, 0.05) is 36.1 Å². The molecular formula is C13H16BrFN4. The summed E-state index contributed by atoms with van der Waals surface area (Å²) in [6.07, 6.45) is 2.43. The van der Waals surface area contributed by atoms with Gasteiger partial charge in [0.05, 0.1) is 0 Å². The molecule has 0 saturated heterocycles.